The topological polar surface area (TPSA) is 83.7 Å². The fourth-order valence-electron chi connectivity index (χ4n) is 2.57. The number of carbonyl (C=O) groups excluding carboxylic acids is 1. The van der Waals surface area contributed by atoms with E-state index in [0.29, 0.717) is 6.54 Å². The molecule has 98 valence electrons. The molecule has 6 nitrogen and oxygen atoms in total. The van der Waals surface area contributed by atoms with Gasteiger partial charge in [-0.25, -0.2) is 12.7 Å². The average Bonchev–Trinajstić information content (AvgIpc) is 2.55. The van der Waals surface area contributed by atoms with E-state index in [4.69, 9.17) is 5.73 Å². The minimum atomic E-state index is -3.33. The van der Waals surface area contributed by atoms with Gasteiger partial charge < -0.3 is 10.6 Å². The van der Waals surface area contributed by atoms with Gasteiger partial charge in [-0.05, 0) is 12.8 Å². The van der Waals surface area contributed by atoms with E-state index in [-0.39, 0.29) is 24.1 Å². The van der Waals surface area contributed by atoms with Crippen LogP contribution < -0.4 is 5.73 Å². The van der Waals surface area contributed by atoms with Crippen LogP contribution in [0, 0.1) is 0 Å². The van der Waals surface area contributed by atoms with E-state index >= 15 is 0 Å². The molecule has 17 heavy (non-hydrogen) atoms. The van der Waals surface area contributed by atoms with Crippen molar-refractivity contribution in [2.24, 2.45) is 5.73 Å². The first-order valence-corrected chi connectivity index (χ1v) is 7.63. The van der Waals surface area contributed by atoms with Gasteiger partial charge in [0.1, 0.15) is 0 Å². The molecule has 0 atom stereocenters. The first-order chi connectivity index (χ1) is 8.04. The highest BCUT2D eigenvalue weighted by Crippen LogP contribution is 2.25. The predicted molar refractivity (Wildman–Crippen MR) is 63.8 cm³/mol. The molecule has 2 rings (SSSR count). The second kappa shape index (κ2) is 4.91. The molecular formula is C10H19N3O3S. The number of amides is 1. The summed E-state index contributed by atoms with van der Waals surface area (Å²) < 4.78 is 24.6. The van der Waals surface area contributed by atoms with Crippen LogP contribution in [0.4, 0.5) is 0 Å². The Morgan fingerprint density at radius 2 is 1.94 bits per heavy atom. The minimum absolute atomic E-state index is 0.0190. The number of hydrogen-bond acceptors (Lipinski definition) is 5. The molecule has 1 amide bonds. The number of hydrogen-bond donors (Lipinski definition) is 1. The van der Waals surface area contributed by atoms with Gasteiger partial charge in [-0.1, -0.05) is 0 Å². The number of piperidine rings is 1. The summed E-state index contributed by atoms with van der Waals surface area (Å²) in [4.78, 5) is 13.8. The number of nitrogens with zero attached hydrogens (tertiary/aromatic N) is 2. The molecule has 0 saturated carbocycles. The van der Waals surface area contributed by atoms with E-state index in [2.05, 4.69) is 4.90 Å². The van der Waals surface area contributed by atoms with Crippen molar-refractivity contribution in [3.05, 3.63) is 0 Å². The van der Waals surface area contributed by atoms with E-state index in [1.807, 2.05) is 0 Å². The first-order valence-electron chi connectivity index (χ1n) is 6.02. The Morgan fingerprint density at radius 3 is 2.41 bits per heavy atom. The van der Waals surface area contributed by atoms with Crippen LogP contribution in [0.3, 0.4) is 0 Å². The van der Waals surface area contributed by atoms with E-state index in [9.17, 15) is 13.2 Å². The Bertz CT molecular complexity index is 388. The number of nitrogens with two attached hydrogens (primary N) is 1. The Labute approximate surface area is 102 Å². The van der Waals surface area contributed by atoms with Crippen molar-refractivity contribution >= 4 is 15.9 Å². The lowest BCUT2D eigenvalue weighted by Crippen LogP contribution is -2.47. The highest BCUT2D eigenvalue weighted by atomic mass is 32.2. The molecule has 0 spiro atoms. The first kappa shape index (κ1) is 12.8. The Morgan fingerprint density at radius 1 is 1.29 bits per heavy atom. The molecule has 0 aliphatic carbocycles. The van der Waals surface area contributed by atoms with E-state index in [0.717, 1.165) is 36.8 Å². The standard InChI is InChI=1S/C10H19N3O3S/c11-4-7-12-5-1-9(2-6-12)13-10(14)3-8-17(13,15)16/h9H,1-8,11H2. The van der Waals surface area contributed by atoms with Crippen molar-refractivity contribution in [1.82, 2.24) is 9.21 Å². The largest absolute Gasteiger partial charge is 0.329 e. The Balaban J connectivity index is 1.99. The average molecular weight is 261 g/mol. The lowest BCUT2D eigenvalue weighted by Gasteiger charge is -2.35. The van der Waals surface area contributed by atoms with Gasteiger partial charge in [0.15, 0.2) is 0 Å². The normalized spacial score (nSPS) is 26.6. The van der Waals surface area contributed by atoms with Crippen LogP contribution in [0.25, 0.3) is 0 Å². The molecule has 0 aromatic heterocycles. The van der Waals surface area contributed by atoms with Crippen molar-refractivity contribution in [3.8, 4) is 0 Å². The van der Waals surface area contributed by atoms with Crippen LogP contribution in [-0.2, 0) is 14.8 Å². The zero-order chi connectivity index (χ0) is 12.5. The van der Waals surface area contributed by atoms with Crippen molar-refractivity contribution in [1.29, 1.82) is 0 Å². The third-order valence-corrected chi connectivity index (χ3v) is 5.27. The van der Waals surface area contributed by atoms with Crippen LogP contribution >= 0.6 is 0 Å². The second-order valence-electron chi connectivity index (χ2n) is 4.62. The maximum Gasteiger partial charge on any atom is 0.238 e. The molecule has 2 aliphatic heterocycles. The van der Waals surface area contributed by atoms with E-state index < -0.39 is 10.0 Å². The van der Waals surface area contributed by atoms with Gasteiger partial charge in [-0.15, -0.1) is 0 Å². The monoisotopic (exact) mass is 261 g/mol. The molecule has 0 aromatic carbocycles. The van der Waals surface area contributed by atoms with Crippen LogP contribution in [0.2, 0.25) is 0 Å². The van der Waals surface area contributed by atoms with Crippen LogP contribution in [0.5, 0.6) is 0 Å². The summed E-state index contributed by atoms with van der Waals surface area (Å²) in [5.41, 5.74) is 5.48. The second-order valence-corrected chi connectivity index (χ2v) is 6.58. The number of likely N-dealkylation sites (tertiary alicyclic amines) is 1. The maximum atomic E-state index is 11.8. The third kappa shape index (κ3) is 2.61. The molecule has 2 aliphatic rings. The number of sulfonamides is 1. The van der Waals surface area contributed by atoms with Gasteiger partial charge in [0.05, 0.1) is 11.8 Å². The molecule has 2 N–H and O–H groups in total. The van der Waals surface area contributed by atoms with Gasteiger partial charge in [0.25, 0.3) is 0 Å². The molecule has 2 saturated heterocycles. The minimum Gasteiger partial charge on any atom is -0.329 e. The van der Waals surface area contributed by atoms with Crippen molar-refractivity contribution in [2.45, 2.75) is 25.3 Å². The summed E-state index contributed by atoms with van der Waals surface area (Å²) in [5, 5.41) is 0. The highest BCUT2D eigenvalue weighted by Gasteiger charge is 2.40. The lowest BCUT2D eigenvalue weighted by molar-refractivity contribution is -0.127. The van der Waals surface area contributed by atoms with Gasteiger partial charge in [-0.3, -0.25) is 4.79 Å². The summed E-state index contributed by atoms with van der Waals surface area (Å²) in [5.74, 6) is -0.253. The summed E-state index contributed by atoms with van der Waals surface area (Å²) in [7, 11) is -3.33. The Hall–Kier alpha value is -0.660. The lowest BCUT2D eigenvalue weighted by atomic mass is 10.0. The van der Waals surface area contributed by atoms with Gasteiger partial charge >= 0.3 is 0 Å². The van der Waals surface area contributed by atoms with Crippen LogP contribution in [0.15, 0.2) is 0 Å². The van der Waals surface area contributed by atoms with E-state index in [1.165, 1.54) is 0 Å². The molecule has 2 fully saturated rings. The highest BCUT2D eigenvalue weighted by molar-refractivity contribution is 7.90. The molecular weight excluding hydrogens is 242 g/mol. The van der Waals surface area contributed by atoms with Crippen LogP contribution in [0.1, 0.15) is 19.3 Å². The van der Waals surface area contributed by atoms with Gasteiger partial charge in [0.2, 0.25) is 15.9 Å². The van der Waals surface area contributed by atoms with Crippen molar-refractivity contribution < 1.29 is 13.2 Å². The Kier molecular flexibility index (Phi) is 3.70. The predicted octanol–water partition coefficient (Wildman–Crippen LogP) is -1.03. The quantitative estimate of drug-likeness (QED) is 0.702. The molecule has 7 heteroatoms. The fourth-order valence-corrected chi connectivity index (χ4v) is 4.27. The summed E-state index contributed by atoms with van der Waals surface area (Å²) in [6.07, 6.45) is 1.60. The zero-order valence-electron chi connectivity index (χ0n) is 9.84. The molecule has 0 radical (unpaired) electrons. The molecule has 0 bridgehead atoms. The van der Waals surface area contributed by atoms with Crippen molar-refractivity contribution in [2.75, 3.05) is 31.9 Å². The number of rotatable bonds is 3. The maximum absolute atomic E-state index is 11.8. The SMILES string of the molecule is NCCN1CCC(N2C(=O)CCS2(=O)=O)CC1. The molecule has 0 unspecified atom stereocenters. The summed E-state index contributed by atoms with van der Waals surface area (Å²) in [6.45, 7) is 3.10. The summed E-state index contributed by atoms with van der Waals surface area (Å²) >= 11 is 0. The fraction of sp³-hybridized carbons (Fsp3) is 0.900. The van der Waals surface area contributed by atoms with E-state index in [1.54, 1.807) is 0 Å². The van der Waals surface area contributed by atoms with Crippen molar-refractivity contribution in [3.63, 3.8) is 0 Å². The smallest absolute Gasteiger partial charge is 0.238 e. The zero-order valence-corrected chi connectivity index (χ0v) is 10.7. The number of carbonyl (C=O) groups is 1. The third-order valence-electron chi connectivity index (χ3n) is 3.45. The van der Waals surface area contributed by atoms with Gasteiger partial charge in [-0.2, -0.15) is 0 Å². The molecule has 0 aromatic rings. The molecule has 2 heterocycles. The summed E-state index contributed by atoms with van der Waals surface area (Å²) in [6, 6.07) is -0.135. The van der Waals surface area contributed by atoms with Gasteiger partial charge in [0, 0.05) is 32.6 Å². The van der Waals surface area contributed by atoms with Crippen LogP contribution in [-0.4, -0.2) is 61.5 Å².